The normalized spacial score (nSPS) is 14.8. The summed E-state index contributed by atoms with van der Waals surface area (Å²) in [5, 5.41) is 3.18. The number of carbonyl (C=O) groups is 2. The van der Waals surface area contributed by atoms with E-state index in [0.717, 1.165) is 42.4 Å². The summed E-state index contributed by atoms with van der Waals surface area (Å²) in [4.78, 5) is 28.1. The molecular weight excluding hydrogens is 400 g/mol. The second-order valence-electron chi connectivity index (χ2n) is 8.96. The fourth-order valence-corrected chi connectivity index (χ4v) is 4.33. The smallest absolute Gasteiger partial charge is 0.261 e. The molecule has 32 heavy (non-hydrogen) atoms. The van der Waals surface area contributed by atoms with Crippen LogP contribution in [0.1, 0.15) is 61.3 Å². The van der Waals surface area contributed by atoms with Crippen molar-refractivity contribution >= 4 is 11.8 Å². The largest absolute Gasteiger partial charge is 0.484 e. The lowest BCUT2D eigenvalue weighted by Gasteiger charge is -2.31. The molecule has 0 bridgehead atoms. The second kappa shape index (κ2) is 11.2. The predicted octanol–water partition coefficient (Wildman–Crippen LogP) is 4.86. The number of ether oxygens (including phenoxy) is 1. The maximum absolute atomic E-state index is 13.3. The molecule has 1 N–H and O–H groups in total. The van der Waals surface area contributed by atoms with E-state index in [0.29, 0.717) is 18.7 Å². The Morgan fingerprint density at radius 1 is 1.06 bits per heavy atom. The summed E-state index contributed by atoms with van der Waals surface area (Å²) >= 11 is 0. The van der Waals surface area contributed by atoms with Gasteiger partial charge in [0.05, 0.1) is 0 Å². The number of rotatable bonds is 9. The van der Waals surface area contributed by atoms with Gasteiger partial charge in [-0.1, -0.05) is 55.7 Å². The molecule has 1 aliphatic carbocycles. The molecule has 2 aromatic carbocycles. The van der Waals surface area contributed by atoms with Gasteiger partial charge in [-0.3, -0.25) is 9.59 Å². The number of hydrogen-bond acceptors (Lipinski definition) is 3. The van der Waals surface area contributed by atoms with Crippen LogP contribution in [0.25, 0.3) is 0 Å². The van der Waals surface area contributed by atoms with Crippen molar-refractivity contribution in [3.63, 3.8) is 0 Å². The van der Waals surface area contributed by atoms with Crippen LogP contribution in [0.4, 0.5) is 0 Å². The van der Waals surface area contributed by atoms with Gasteiger partial charge in [0.2, 0.25) is 5.91 Å². The van der Waals surface area contributed by atoms with Crippen molar-refractivity contribution in [2.24, 2.45) is 0 Å². The summed E-state index contributed by atoms with van der Waals surface area (Å²) in [6, 6.07) is 13.6. The second-order valence-corrected chi connectivity index (χ2v) is 8.96. The van der Waals surface area contributed by atoms with E-state index in [1.54, 1.807) is 4.90 Å². The van der Waals surface area contributed by atoms with Gasteiger partial charge >= 0.3 is 0 Å². The molecule has 1 atom stereocenters. The zero-order chi connectivity index (χ0) is 23.1. The summed E-state index contributed by atoms with van der Waals surface area (Å²) in [7, 11) is 0. The Morgan fingerprint density at radius 3 is 2.47 bits per heavy atom. The van der Waals surface area contributed by atoms with Gasteiger partial charge in [-0.2, -0.15) is 0 Å². The zero-order valence-corrected chi connectivity index (χ0v) is 19.8. The third-order valence-corrected chi connectivity index (χ3v) is 6.36. The van der Waals surface area contributed by atoms with Gasteiger partial charge < -0.3 is 15.0 Å². The maximum atomic E-state index is 13.3. The molecule has 0 unspecified atom stereocenters. The highest BCUT2D eigenvalue weighted by molar-refractivity contribution is 5.88. The number of amides is 2. The zero-order valence-electron chi connectivity index (χ0n) is 19.8. The number of hydrogen-bond donors (Lipinski definition) is 1. The highest BCUT2D eigenvalue weighted by Crippen LogP contribution is 2.20. The van der Waals surface area contributed by atoms with Crippen molar-refractivity contribution < 1.29 is 14.3 Å². The molecule has 2 amide bonds. The van der Waals surface area contributed by atoms with Gasteiger partial charge in [-0.15, -0.1) is 0 Å². The molecule has 1 fully saturated rings. The molecule has 0 aliphatic heterocycles. The Morgan fingerprint density at radius 2 is 1.81 bits per heavy atom. The van der Waals surface area contributed by atoms with Crippen LogP contribution in [0, 0.1) is 20.8 Å². The molecule has 3 rings (SSSR count). The van der Waals surface area contributed by atoms with Gasteiger partial charge in [0, 0.05) is 12.6 Å². The fourth-order valence-electron chi connectivity index (χ4n) is 4.33. The van der Waals surface area contributed by atoms with Gasteiger partial charge in [0.15, 0.2) is 6.61 Å². The number of carbonyl (C=O) groups excluding carboxylic acids is 2. The molecule has 1 saturated carbocycles. The molecule has 5 heteroatoms. The van der Waals surface area contributed by atoms with Crippen molar-refractivity contribution in [1.29, 1.82) is 0 Å². The van der Waals surface area contributed by atoms with Crippen LogP contribution in [-0.2, 0) is 16.1 Å². The van der Waals surface area contributed by atoms with Crippen molar-refractivity contribution in [3.05, 3.63) is 64.7 Å². The molecule has 0 spiro atoms. The summed E-state index contributed by atoms with van der Waals surface area (Å²) in [6.07, 6.45) is 4.89. The third-order valence-electron chi connectivity index (χ3n) is 6.36. The number of aryl methyl sites for hydroxylation is 3. The van der Waals surface area contributed by atoms with Crippen LogP contribution in [0.15, 0.2) is 42.5 Å². The highest BCUT2D eigenvalue weighted by Gasteiger charge is 2.30. The summed E-state index contributed by atoms with van der Waals surface area (Å²) < 4.78 is 5.83. The number of benzene rings is 2. The van der Waals surface area contributed by atoms with E-state index in [4.69, 9.17) is 4.74 Å². The topological polar surface area (TPSA) is 58.6 Å². The van der Waals surface area contributed by atoms with Crippen LogP contribution >= 0.6 is 0 Å². The Hall–Kier alpha value is -2.82. The molecule has 2 aromatic rings. The summed E-state index contributed by atoms with van der Waals surface area (Å²) in [5.41, 5.74) is 4.44. The number of nitrogens with zero attached hydrogens (tertiary/aromatic N) is 1. The van der Waals surface area contributed by atoms with E-state index in [1.165, 1.54) is 5.56 Å². The molecule has 0 heterocycles. The average molecular weight is 437 g/mol. The monoisotopic (exact) mass is 436 g/mol. The summed E-state index contributed by atoms with van der Waals surface area (Å²) in [5.74, 6) is 0.421. The lowest BCUT2D eigenvalue weighted by Crippen LogP contribution is -2.52. The number of nitrogens with one attached hydrogen (secondary N) is 1. The Labute approximate surface area is 192 Å². The van der Waals surface area contributed by atoms with Gasteiger partial charge in [0.1, 0.15) is 11.8 Å². The van der Waals surface area contributed by atoms with Crippen LogP contribution in [-0.4, -0.2) is 35.4 Å². The minimum Gasteiger partial charge on any atom is -0.484 e. The van der Waals surface area contributed by atoms with Crippen LogP contribution in [0.3, 0.4) is 0 Å². The molecule has 0 radical (unpaired) electrons. The fraction of sp³-hybridized carbons (Fsp3) is 0.481. The van der Waals surface area contributed by atoms with E-state index < -0.39 is 6.04 Å². The molecule has 5 nitrogen and oxygen atoms in total. The van der Waals surface area contributed by atoms with Gasteiger partial charge in [-0.05, 0) is 68.9 Å². The van der Waals surface area contributed by atoms with Crippen LogP contribution in [0.2, 0.25) is 0 Å². The Kier molecular flexibility index (Phi) is 8.32. The Balaban J connectivity index is 1.76. The lowest BCUT2D eigenvalue weighted by atomic mass is 10.1. The molecule has 172 valence electrons. The highest BCUT2D eigenvalue weighted by atomic mass is 16.5. The van der Waals surface area contributed by atoms with Gasteiger partial charge in [-0.25, -0.2) is 0 Å². The predicted molar refractivity (Wildman–Crippen MR) is 128 cm³/mol. The SMILES string of the molecule is CC[C@@H](C(=O)NC1CCCC1)N(Cc1cccc(C)c1)C(=O)COc1ccc(C)c(C)c1. The van der Waals surface area contributed by atoms with E-state index in [2.05, 4.69) is 11.4 Å². The van der Waals surface area contributed by atoms with E-state index >= 15 is 0 Å². The molecule has 0 saturated heterocycles. The average Bonchev–Trinajstić information content (AvgIpc) is 3.27. The first-order valence-corrected chi connectivity index (χ1v) is 11.7. The van der Waals surface area contributed by atoms with E-state index in [1.807, 2.05) is 64.1 Å². The van der Waals surface area contributed by atoms with Crippen LogP contribution in [0.5, 0.6) is 5.75 Å². The molecular formula is C27H36N2O3. The lowest BCUT2D eigenvalue weighted by molar-refractivity contribution is -0.143. The van der Waals surface area contributed by atoms with E-state index in [9.17, 15) is 9.59 Å². The quantitative estimate of drug-likeness (QED) is 0.611. The first-order valence-electron chi connectivity index (χ1n) is 11.7. The maximum Gasteiger partial charge on any atom is 0.261 e. The van der Waals surface area contributed by atoms with Crippen molar-refractivity contribution in [3.8, 4) is 5.75 Å². The molecule has 0 aromatic heterocycles. The van der Waals surface area contributed by atoms with Crippen molar-refractivity contribution in [2.45, 2.75) is 78.4 Å². The first-order chi connectivity index (χ1) is 15.4. The van der Waals surface area contributed by atoms with E-state index in [-0.39, 0.29) is 24.5 Å². The first kappa shape index (κ1) is 23.8. The minimum absolute atomic E-state index is 0.0633. The molecule has 1 aliphatic rings. The van der Waals surface area contributed by atoms with Crippen LogP contribution < -0.4 is 10.1 Å². The Bertz CT molecular complexity index is 934. The third kappa shape index (κ3) is 6.35. The van der Waals surface area contributed by atoms with Gasteiger partial charge in [0.25, 0.3) is 5.91 Å². The standard InChI is InChI=1S/C27H36N2O3/c1-5-25(27(31)28-23-11-6-7-12-23)29(17-22-10-8-9-19(2)15-22)26(30)18-32-24-14-13-20(3)21(4)16-24/h8-10,13-16,23,25H,5-7,11-12,17-18H2,1-4H3,(H,28,31)/t25-/m0/s1. The van der Waals surface area contributed by atoms with Crippen molar-refractivity contribution in [1.82, 2.24) is 10.2 Å². The van der Waals surface area contributed by atoms with Crippen molar-refractivity contribution in [2.75, 3.05) is 6.61 Å². The summed E-state index contributed by atoms with van der Waals surface area (Å²) in [6.45, 7) is 8.34. The minimum atomic E-state index is -0.521.